The van der Waals surface area contributed by atoms with Crippen LogP contribution in [-0.4, -0.2) is 19.0 Å². The van der Waals surface area contributed by atoms with Crippen LogP contribution in [-0.2, 0) is 4.79 Å². The molecule has 0 aliphatic heterocycles. The predicted octanol–water partition coefficient (Wildman–Crippen LogP) is 1.84. The first-order valence-corrected chi connectivity index (χ1v) is 7.66. The molecule has 2 atom stereocenters. The molecule has 1 amide bonds. The van der Waals surface area contributed by atoms with Crippen LogP contribution in [0, 0.1) is 6.92 Å². The molecule has 20 heavy (non-hydrogen) atoms. The third-order valence-corrected chi connectivity index (χ3v) is 4.38. The Morgan fingerprint density at radius 1 is 1.25 bits per heavy atom. The molecule has 106 valence electrons. The zero-order valence-electron chi connectivity index (χ0n) is 12.1. The summed E-state index contributed by atoms with van der Waals surface area (Å²) in [5.41, 5.74) is 2.48. The molecule has 0 radical (unpaired) electrons. The lowest BCUT2D eigenvalue weighted by atomic mass is 10.0. The summed E-state index contributed by atoms with van der Waals surface area (Å²) in [7, 11) is 1.68. The molecule has 2 rings (SSSR count). The SMILES string of the molecule is CNC(=O)[C@H](C)[NH2+][C@H](c1ccc(C)cc1)c1cccs1. The summed E-state index contributed by atoms with van der Waals surface area (Å²) in [5, 5.41) is 6.91. The first-order chi connectivity index (χ1) is 9.61. The van der Waals surface area contributed by atoms with Crippen molar-refractivity contribution in [1.29, 1.82) is 0 Å². The van der Waals surface area contributed by atoms with Crippen molar-refractivity contribution in [3.63, 3.8) is 0 Å². The maximum atomic E-state index is 11.8. The van der Waals surface area contributed by atoms with Crippen molar-refractivity contribution in [1.82, 2.24) is 5.32 Å². The summed E-state index contributed by atoms with van der Waals surface area (Å²) in [6.45, 7) is 4.02. The largest absolute Gasteiger partial charge is 0.354 e. The van der Waals surface area contributed by atoms with Gasteiger partial charge in [-0.3, -0.25) is 4.79 Å². The average Bonchev–Trinajstić information content (AvgIpc) is 2.98. The fourth-order valence-electron chi connectivity index (χ4n) is 2.22. The lowest BCUT2D eigenvalue weighted by Crippen LogP contribution is -2.92. The molecule has 3 N–H and O–H groups in total. The number of rotatable bonds is 5. The minimum Gasteiger partial charge on any atom is -0.354 e. The van der Waals surface area contributed by atoms with Crippen molar-refractivity contribution < 1.29 is 10.1 Å². The van der Waals surface area contributed by atoms with Crippen LogP contribution in [0.15, 0.2) is 41.8 Å². The van der Waals surface area contributed by atoms with Gasteiger partial charge in [-0.25, -0.2) is 0 Å². The monoisotopic (exact) mass is 289 g/mol. The van der Waals surface area contributed by atoms with Gasteiger partial charge in [0.25, 0.3) is 5.91 Å². The summed E-state index contributed by atoms with van der Waals surface area (Å²) < 4.78 is 0. The Labute approximate surface area is 124 Å². The molecule has 3 nitrogen and oxygen atoms in total. The molecular weight excluding hydrogens is 268 g/mol. The van der Waals surface area contributed by atoms with Crippen molar-refractivity contribution in [2.45, 2.75) is 25.9 Å². The fourth-order valence-corrected chi connectivity index (χ4v) is 3.05. The van der Waals surface area contributed by atoms with Gasteiger partial charge in [-0.1, -0.05) is 35.9 Å². The minimum atomic E-state index is -0.117. The fraction of sp³-hybridized carbons (Fsp3) is 0.312. The van der Waals surface area contributed by atoms with Gasteiger partial charge in [-0.2, -0.15) is 0 Å². The molecule has 0 saturated heterocycles. The van der Waals surface area contributed by atoms with E-state index in [2.05, 4.69) is 59.3 Å². The van der Waals surface area contributed by atoms with Crippen LogP contribution >= 0.6 is 11.3 Å². The molecule has 1 heterocycles. The number of nitrogens with one attached hydrogen (secondary N) is 1. The van der Waals surface area contributed by atoms with Gasteiger partial charge in [-0.05, 0) is 25.3 Å². The van der Waals surface area contributed by atoms with E-state index in [1.807, 2.05) is 6.92 Å². The second-order valence-electron chi connectivity index (χ2n) is 5.00. The average molecular weight is 289 g/mol. The highest BCUT2D eigenvalue weighted by Gasteiger charge is 2.24. The van der Waals surface area contributed by atoms with Gasteiger partial charge < -0.3 is 10.6 Å². The second-order valence-corrected chi connectivity index (χ2v) is 5.98. The Bertz CT molecular complexity index is 548. The summed E-state index contributed by atoms with van der Waals surface area (Å²) in [5.74, 6) is 0.0543. The Morgan fingerprint density at radius 3 is 2.50 bits per heavy atom. The predicted molar refractivity (Wildman–Crippen MR) is 82.8 cm³/mol. The normalized spacial score (nSPS) is 13.8. The maximum Gasteiger partial charge on any atom is 0.277 e. The van der Waals surface area contributed by atoms with Crippen LogP contribution in [0.1, 0.15) is 29.0 Å². The molecule has 0 aliphatic carbocycles. The van der Waals surface area contributed by atoms with Crippen LogP contribution in [0.5, 0.6) is 0 Å². The maximum absolute atomic E-state index is 11.8. The number of likely N-dealkylation sites (N-methyl/N-ethyl adjacent to an activating group) is 1. The summed E-state index contributed by atoms with van der Waals surface area (Å²) in [6, 6.07) is 12.8. The quantitative estimate of drug-likeness (QED) is 0.867. The molecule has 1 aromatic heterocycles. The van der Waals surface area contributed by atoms with Crippen LogP contribution < -0.4 is 10.6 Å². The highest BCUT2D eigenvalue weighted by Crippen LogP contribution is 2.23. The van der Waals surface area contributed by atoms with Gasteiger partial charge in [0.1, 0.15) is 6.04 Å². The van der Waals surface area contributed by atoms with Gasteiger partial charge in [0, 0.05) is 12.6 Å². The van der Waals surface area contributed by atoms with E-state index in [4.69, 9.17) is 0 Å². The third-order valence-electron chi connectivity index (χ3n) is 3.43. The van der Waals surface area contributed by atoms with E-state index in [0.29, 0.717) is 0 Å². The lowest BCUT2D eigenvalue weighted by Gasteiger charge is -2.19. The van der Waals surface area contributed by atoms with Gasteiger partial charge in [-0.15, -0.1) is 11.3 Å². The van der Waals surface area contributed by atoms with E-state index in [-0.39, 0.29) is 18.0 Å². The second kappa shape index (κ2) is 6.68. The van der Waals surface area contributed by atoms with Crippen LogP contribution in [0.4, 0.5) is 0 Å². The highest BCUT2D eigenvalue weighted by molar-refractivity contribution is 7.10. The van der Waals surface area contributed by atoms with Gasteiger partial charge >= 0.3 is 0 Å². The Balaban J connectivity index is 2.26. The van der Waals surface area contributed by atoms with Crippen molar-refractivity contribution in [2.75, 3.05) is 7.05 Å². The molecule has 0 unspecified atom stereocenters. The molecular formula is C16H21N2OS+. The lowest BCUT2D eigenvalue weighted by molar-refractivity contribution is -0.704. The van der Waals surface area contributed by atoms with Crippen LogP contribution in [0.2, 0.25) is 0 Å². The molecule has 0 bridgehead atoms. The van der Waals surface area contributed by atoms with Crippen molar-refractivity contribution in [3.8, 4) is 0 Å². The zero-order chi connectivity index (χ0) is 14.5. The van der Waals surface area contributed by atoms with E-state index >= 15 is 0 Å². The summed E-state index contributed by atoms with van der Waals surface area (Å²) in [4.78, 5) is 13.0. The highest BCUT2D eigenvalue weighted by atomic mass is 32.1. The molecule has 0 fully saturated rings. The van der Waals surface area contributed by atoms with E-state index < -0.39 is 0 Å². The summed E-state index contributed by atoms with van der Waals surface area (Å²) >= 11 is 1.73. The minimum absolute atomic E-state index is 0.0543. The van der Waals surface area contributed by atoms with Crippen molar-refractivity contribution >= 4 is 17.2 Å². The van der Waals surface area contributed by atoms with E-state index in [0.717, 1.165) is 0 Å². The number of thiophene rings is 1. The number of carbonyl (C=O) groups excluding carboxylic acids is 1. The van der Waals surface area contributed by atoms with E-state index in [1.165, 1.54) is 16.0 Å². The molecule has 1 aromatic carbocycles. The standard InChI is InChI=1S/C16H20N2OS/c1-11-6-8-13(9-7-11)15(14-5-4-10-20-14)18-12(2)16(19)17-3/h4-10,12,15,18H,1-3H3,(H,17,19)/p+1/t12-,15+/m0/s1. The number of benzene rings is 1. The van der Waals surface area contributed by atoms with Crippen LogP contribution in [0.3, 0.4) is 0 Å². The van der Waals surface area contributed by atoms with Gasteiger partial charge in [0.05, 0.1) is 4.88 Å². The first kappa shape index (κ1) is 14.8. The van der Waals surface area contributed by atoms with Gasteiger partial charge in [0.2, 0.25) is 0 Å². The first-order valence-electron chi connectivity index (χ1n) is 6.78. The van der Waals surface area contributed by atoms with Crippen molar-refractivity contribution in [3.05, 3.63) is 57.8 Å². The molecule has 0 saturated carbocycles. The zero-order valence-corrected chi connectivity index (χ0v) is 12.9. The van der Waals surface area contributed by atoms with E-state index in [1.54, 1.807) is 18.4 Å². The third kappa shape index (κ3) is 3.46. The number of amides is 1. The number of hydrogen-bond donors (Lipinski definition) is 2. The van der Waals surface area contributed by atoms with Gasteiger partial charge in [0.15, 0.2) is 6.04 Å². The van der Waals surface area contributed by atoms with E-state index in [9.17, 15) is 4.79 Å². The molecule has 4 heteroatoms. The Morgan fingerprint density at radius 2 is 1.95 bits per heavy atom. The smallest absolute Gasteiger partial charge is 0.277 e. The Kier molecular flexibility index (Phi) is 4.93. The molecule has 0 aliphatic rings. The Hall–Kier alpha value is -1.65. The number of hydrogen-bond acceptors (Lipinski definition) is 2. The number of aryl methyl sites for hydroxylation is 1. The topological polar surface area (TPSA) is 45.7 Å². The number of nitrogens with two attached hydrogens (primary N) is 1. The molecule has 2 aromatic rings. The van der Waals surface area contributed by atoms with Crippen molar-refractivity contribution in [2.24, 2.45) is 0 Å². The molecule has 0 spiro atoms. The number of carbonyl (C=O) groups is 1. The number of quaternary nitrogens is 1. The summed E-state index contributed by atoms with van der Waals surface area (Å²) in [6.07, 6.45) is 0. The van der Waals surface area contributed by atoms with Crippen LogP contribution in [0.25, 0.3) is 0 Å².